The fourth-order valence-corrected chi connectivity index (χ4v) is 14.0. The van der Waals surface area contributed by atoms with Gasteiger partial charge in [0.1, 0.15) is 0 Å². The second-order valence-corrected chi connectivity index (χ2v) is 19.9. The predicted octanol–water partition coefficient (Wildman–Crippen LogP) is 17.8. The van der Waals surface area contributed by atoms with E-state index in [1.54, 1.807) is 0 Å². The van der Waals surface area contributed by atoms with Crippen LogP contribution in [0.25, 0.3) is 132 Å². The predicted molar refractivity (Wildman–Crippen MR) is 300 cm³/mol. The van der Waals surface area contributed by atoms with Crippen LogP contribution in [0.4, 0.5) is 0 Å². The molecule has 71 heavy (non-hydrogen) atoms. The topological polar surface area (TPSA) is 9.86 Å². The highest BCUT2D eigenvalue weighted by atomic mass is 14.9. The van der Waals surface area contributed by atoms with Crippen LogP contribution in [0.1, 0.15) is 22.3 Å². The van der Waals surface area contributed by atoms with Gasteiger partial charge in [-0.3, -0.25) is 0 Å². The number of benzene rings is 12. The van der Waals surface area contributed by atoms with Crippen LogP contribution in [-0.4, -0.2) is 9.13 Å². The Bertz CT molecular complexity index is 4450. The van der Waals surface area contributed by atoms with E-state index in [9.17, 15) is 0 Å². The summed E-state index contributed by atoms with van der Waals surface area (Å²) >= 11 is 0. The lowest BCUT2D eigenvalue weighted by Crippen LogP contribution is -2.26. The second-order valence-electron chi connectivity index (χ2n) is 19.9. The highest BCUT2D eigenvalue weighted by Gasteiger charge is 2.53. The van der Waals surface area contributed by atoms with Gasteiger partial charge < -0.3 is 9.13 Å². The lowest BCUT2D eigenvalue weighted by Gasteiger charge is -2.33. The third kappa shape index (κ3) is 4.87. The number of hydrogen-bond acceptors (Lipinski definition) is 0. The maximum Gasteiger partial charge on any atom is 0.0731 e. The molecular weight excluding hydrogens is 857 g/mol. The summed E-state index contributed by atoms with van der Waals surface area (Å²) in [5, 5.41) is 12.6. The molecule has 14 aromatic rings. The average molecular weight is 901 g/mol. The van der Waals surface area contributed by atoms with Crippen molar-refractivity contribution in [1.29, 1.82) is 0 Å². The Morgan fingerprint density at radius 2 is 0.662 bits per heavy atom. The normalized spacial score (nSPS) is 13.3. The van der Waals surface area contributed by atoms with Gasteiger partial charge in [0.2, 0.25) is 0 Å². The van der Waals surface area contributed by atoms with E-state index in [-0.39, 0.29) is 0 Å². The zero-order valence-electron chi connectivity index (χ0n) is 39.3. The molecule has 2 aromatic heterocycles. The first-order valence-corrected chi connectivity index (χ1v) is 24.9. The Hall–Kier alpha value is -8.98. The van der Waals surface area contributed by atoms with E-state index in [2.05, 4.69) is 254 Å². The number of fused-ring (bicyclic) bond motifs is 20. The van der Waals surface area contributed by atoms with Crippen LogP contribution in [0, 0.1) is 0 Å². The summed E-state index contributed by atoms with van der Waals surface area (Å²) in [6.07, 6.45) is 0. The van der Waals surface area contributed by atoms with Crippen LogP contribution in [-0.2, 0) is 19.5 Å². The molecule has 0 fully saturated rings. The Labute approximate surface area is 410 Å². The van der Waals surface area contributed by atoms with Gasteiger partial charge in [0.25, 0.3) is 0 Å². The fourth-order valence-electron chi connectivity index (χ4n) is 14.0. The Morgan fingerprint density at radius 1 is 0.268 bits per heavy atom. The number of para-hydroxylation sites is 4. The molecule has 16 rings (SSSR count). The van der Waals surface area contributed by atoms with E-state index < -0.39 is 5.41 Å². The summed E-state index contributed by atoms with van der Waals surface area (Å²) in [5.74, 6) is 0. The molecule has 0 bridgehead atoms. The molecule has 330 valence electrons. The average Bonchev–Trinajstić information content (AvgIpc) is 4.12. The smallest absolute Gasteiger partial charge is 0.0731 e. The van der Waals surface area contributed by atoms with Crippen LogP contribution < -0.4 is 0 Å². The van der Waals surface area contributed by atoms with Gasteiger partial charge >= 0.3 is 0 Å². The van der Waals surface area contributed by atoms with E-state index in [0.29, 0.717) is 0 Å². The lowest BCUT2D eigenvalue weighted by atomic mass is 9.68. The van der Waals surface area contributed by atoms with Crippen molar-refractivity contribution in [2.75, 3.05) is 0 Å². The molecular formula is C69H44N2. The summed E-state index contributed by atoms with van der Waals surface area (Å²) in [4.78, 5) is 0. The first-order chi connectivity index (χ1) is 35.1. The van der Waals surface area contributed by atoms with E-state index in [0.717, 1.165) is 0 Å². The molecule has 0 unspecified atom stereocenters. The lowest BCUT2D eigenvalue weighted by molar-refractivity contribution is 0.796. The quantitative estimate of drug-likeness (QED) is 0.156. The minimum Gasteiger partial charge on any atom is -0.343 e. The minimum absolute atomic E-state index is 0.564. The summed E-state index contributed by atoms with van der Waals surface area (Å²) in [6, 6.07) is 87.5. The molecule has 0 N–H and O–H groups in total. The summed E-state index contributed by atoms with van der Waals surface area (Å²) < 4.78 is 4.80. The van der Waals surface area contributed by atoms with Crippen molar-refractivity contribution in [3.8, 4) is 55.6 Å². The first kappa shape index (κ1) is 38.9. The molecule has 2 aliphatic rings. The van der Waals surface area contributed by atoms with Gasteiger partial charge in [0.15, 0.2) is 0 Å². The Kier molecular flexibility index (Phi) is 7.71. The van der Waals surface area contributed by atoms with Crippen LogP contribution in [0.3, 0.4) is 0 Å². The zero-order valence-corrected chi connectivity index (χ0v) is 39.3. The van der Waals surface area contributed by atoms with Crippen LogP contribution in [0.2, 0.25) is 0 Å². The van der Waals surface area contributed by atoms with Crippen molar-refractivity contribution in [3.63, 3.8) is 0 Å². The van der Waals surface area contributed by atoms with Gasteiger partial charge in [-0.25, -0.2) is 0 Å². The molecule has 0 saturated heterocycles. The van der Waals surface area contributed by atoms with E-state index in [4.69, 9.17) is 0 Å². The molecule has 0 atom stereocenters. The van der Waals surface area contributed by atoms with Crippen molar-refractivity contribution >= 4 is 75.9 Å². The molecule has 12 aromatic carbocycles. The highest BCUT2D eigenvalue weighted by Crippen LogP contribution is 2.66. The molecule has 0 saturated carbocycles. The van der Waals surface area contributed by atoms with Crippen molar-refractivity contribution in [3.05, 3.63) is 253 Å². The Morgan fingerprint density at radius 3 is 1.21 bits per heavy atom. The Balaban J connectivity index is 1.12. The molecule has 2 heterocycles. The monoisotopic (exact) mass is 900 g/mol. The maximum absolute atomic E-state index is 2.55. The summed E-state index contributed by atoms with van der Waals surface area (Å²) in [6.45, 7) is 0. The minimum atomic E-state index is -0.564. The van der Waals surface area contributed by atoms with Crippen molar-refractivity contribution in [2.24, 2.45) is 14.1 Å². The SMILES string of the molecule is Cn1c2ccccc2c2cccc(-c3cccc4c(-c5cc6ccccc6c6c5C5(c7ccccc7-c7ccccc75)c5ccccc5-6)c5cccc(-c6cccc7c8ccccc8n(C)c67)c5cc34)c21. The van der Waals surface area contributed by atoms with Crippen LogP contribution in [0.15, 0.2) is 231 Å². The number of aryl methyl sites for hydroxylation is 2. The van der Waals surface area contributed by atoms with Crippen molar-refractivity contribution in [1.82, 2.24) is 9.13 Å². The second kappa shape index (κ2) is 14.1. The van der Waals surface area contributed by atoms with Crippen LogP contribution >= 0.6 is 0 Å². The zero-order chi connectivity index (χ0) is 46.7. The largest absolute Gasteiger partial charge is 0.343 e. The molecule has 0 radical (unpaired) electrons. The molecule has 0 aliphatic heterocycles. The number of nitrogens with zero attached hydrogens (tertiary/aromatic N) is 2. The maximum atomic E-state index is 2.55. The third-order valence-electron chi connectivity index (χ3n) is 16.7. The van der Waals surface area contributed by atoms with E-state index >= 15 is 0 Å². The van der Waals surface area contributed by atoms with Crippen molar-refractivity contribution < 1.29 is 0 Å². The van der Waals surface area contributed by atoms with Gasteiger partial charge in [0.05, 0.1) is 16.4 Å². The number of rotatable bonds is 3. The molecule has 0 amide bonds. The van der Waals surface area contributed by atoms with Gasteiger partial charge in [-0.05, 0) is 123 Å². The third-order valence-corrected chi connectivity index (χ3v) is 16.7. The number of aromatic nitrogens is 2. The summed E-state index contributed by atoms with van der Waals surface area (Å²) in [5.41, 5.74) is 22.5. The van der Waals surface area contributed by atoms with E-state index in [1.165, 1.54) is 154 Å². The number of hydrogen-bond donors (Lipinski definition) is 0. The summed E-state index contributed by atoms with van der Waals surface area (Å²) in [7, 11) is 4.46. The molecule has 2 nitrogen and oxygen atoms in total. The molecule has 2 aliphatic carbocycles. The van der Waals surface area contributed by atoms with Gasteiger partial charge in [-0.15, -0.1) is 0 Å². The van der Waals surface area contributed by atoms with Crippen LogP contribution in [0.5, 0.6) is 0 Å². The highest BCUT2D eigenvalue weighted by molar-refractivity contribution is 6.25. The first-order valence-electron chi connectivity index (χ1n) is 24.9. The standard InChI is InChI=1S/C69H44N2/c1-70-62-37-13-8-23-47(62)53-32-17-30-51(67(53)70)43-26-15-28-49-56(43)40-57-44(52-31-18-33-54-48-24-9-14-38-63(48)71(2)68(52)54)27-16-29-50(57)64(49)58-39-41-19-3-4-20-42(41)65-55-25-7-12-36-61(55)69(66(58)65)59-34-10-5-21-45(59)46-22-6-11-35-60(46)69/h3-40H,1-2H3. The van der Waals surface area contributed by atoms with Crippen molar-refractivity contribution in [2.45, 2.75) is 5.41 Å². The van der Waals surface area contributed by atoms with Gasteiger partial charge in [-0.2, -0.15) is 0 Å². The van der Waals surface area contributed by atoms with E-state index in [1.807, 2.05) is 0 Å². The molecule has 1 spiro atoms. The molecule has 2 heteroatoms. The van der Waals surface area contributed by atoms with Gasteiger partial charge in [-0.1, -0.05) is 206 Å². The fraction of sp³-hybridized carbons (Fsp3) is 0.0435. The van der Waals surface area contributed by atoms with Gasteiger partial charge in [0, 0.05) is 57.8 Å².